The van der Waals surface area contributed by atoms with Gasteiger partial charge in [0.1, 0.15) is 5.69 Å². The molecule has 4 nitrogen and oxygen atoms in total. The van der Waals surface area contributed by atoms with Crippen LogP contribution in [0, 0.1) is 0 Å². The van der Waals surface area contributed by atoms with E-state index in [1.807, 2.05) is 0 Å². The second-order valence-corrected chi connectivity index (χ2v) is 2.55. The van der Waals surface area contributed by atoms with Gasteiger partial charge >= 0.3 is 0 Å². The molecule has 12 heavy (non-hydrogen) atoms. The third-order valence-electron chi connectivity index (χ3n) is 1.48. The predicted molar refractivity (Wildman–Crippen MR) is 43.2 cm³/mol. The Labute approximate surface area is 72.8 Å². The minimum Gasteiger partial charge on any atom is -0.274 e. The van der Waals surface area contributed by atoms with E-state index in [0.717, 1.165) is 0 Å². The Balaban J connectivity index is 2.79. The lowest BCUT2D eigenvalue weighted by atomic mass is 10.5. The Hall–Kier alpha value is -1.42. The van der Waals surface area contributed by atoms with Gasteiger partial charge in [-0.3, -0.25) is 4.79 Å². The molecule has 0 bridgehead atoms. The monoisotopic (exact) mass is 181 g/mol. The van der Waals surface area contributed by atoms with Crippen LogP contribution in [0.3, 0.4) is 0 Å². The number of rotatable bonds is 1. The molecule has 0 saturated heterocycles. The molecular weight excluding hydrogens is 178 g/mol. The Bertz CT molecular complexity index is 437. The quantitative estimate of drug-likeness (QED) is 0.620. The fourth-order valence-corrected chi connectivity index (χ4v) is 1.09. The van der Waals surface area contributed by atoms with Gasteiger partial charge in [-0.25, -0.2) is 9.50 Å². The summed E-state index contributed by atoms with van der Waals surface area (Å²) in [5, 5.41) is 3.36. The number of carbonyl (C=O) groups excluding carboxylic acids is 1. The third kappa shape index (κ3) is 0.967. The average Bonchev–Trinajstić information content (AvgIpc) is 2.47. The van der Waals surface area contributed by atoms with Crippen LogP contribution >= 0.6 is 11.6 Å². The predicted octanol–water partition coefficient (Wildman–Crippen LogP) is 1.11. The Morgan fingerprint density at radius 1 is 1.58 bits per heavy atom. The van der Waals surface area contributed by atoms with Crippen molar-refractivity contribution in [2.24, 2.45) is 0 Å². The summed E-state index contributed by atoms with van der Waals surface area (Å²) < 4.78 is 1.40. The molecule has 0 spiro atoms. The normalized spacial score (nSPS) is 10.4. The van der Waals surface area contributed by atoms with Crippen molar-refractivity contribution in [1.29, 1.82) is 0 Å². The van der Waals surface area contributed by atoms with Gasteiger partial charge in [-0.05, 0) is 23.7 Å². The lowest BCUT2D eigenvalue weighted by Gasteiger charge is -1.91. The van der Waals surface area contributed by atoms with Crippen LogP contribution in [0.2, 0.25) is 0 Å². The highest BCUT2D eigenvalue weighted by Gasteiger charge is 2.08. The first-order valence-electron chi connectivity index (χ1n) is 3.27. The molecule has 60 valence electrons. The zero-order valence-electron chi connectivity index (χ0n) is 5.94. The number of aromatic nitrogens is 3. The molecule has 0 aliphatic rings. The second kappa shape index (κ2) is 2.57. The van der Waals surface area contributed by atoms with Gasteiger partial charge in [0.15, 0.2) is 5.65 Å². The largest absolute Gasteiger partial charge is 0.274 e. The zero-order chi connectivity index (χ0) is 8.55. The summed E-state index contributed by atoms with van der Waals surface area (Å²) in [5.74, 6) is 0. The van der Waals surface area contributed by atoms with Gasteiger partial charge in [0, 0.05) is 6.20 Å². The summed E-state index contributed by atoms with van der Waals surface area (Å²) in [4.78, 5) is 14.7. The Morgan fingerprint density at radius 2 is 2.42 bits per heavy atom. The number of imidazole rings is 1. The summed E-state index contributed by atoms with van der Waals surface area (Å²) in [5.41, 5.74) is 0.897. The lowest BCUT2D eigenvalue weighted by molar-refractivity contribution is 0.107. The highest BCUT2D eigenvalue weighted by Crippen LogP contribution is 2.05. The molecular formula is C7H4ClN3O. The van der Waals surface area contributed by atoms with E-state index in [9.17, 15) is 4.79 Å². The molecule has 0 aliphatic heterocycles. The Morgan fingerprint density at radius 3 is 3.17 bits per heavy atom. The zero-order valence-corrected chi connectivity index (χ0v) is 6.69. The van der Waals surface area contributed by atoms with E-state index in [1.54, 1.807) is 18.3 Å². The minimum atomic E-state index is -0.554. The fourth-order valence-electron chi connectivity index (χ4n) is 0.963. The standard InChI is InChI=1S/C7H4ClN3O/c8-7(12)5-4-9-6-2-1-3-10-11(5)6/h1-4H. The Kier molecular flexibility index (Phi) is 1.55. The first-order valence-corrected chi connectivity index (χ1v) is 3.65. The number of hydrogen-bond donors (Lipinski definition) is 0. The molecule has 0 radical (unpaired) electrons. The van der Waals surface area contributed by atoms with Crippen LogP contribution < -0.4 is 0 Å². The van der Waals surface area contributed by atoms with Gasteiger partial charge < -0.3 is 0 Å². The molecule has 2 aromatic heterocycles. The highest BCUT2D eigenvalue weighted by molar-refractivity contribution is 6.67. The van der Waals surface area contributed by atoms with Gasteiger partial charge in [-0.1, -0.05) is 0 Å². The van der Waals surface area contributed by atoms with E-state index in [2.05, 4.69) is 10.1 Å². The van der Waals surface area contributed by atoms with E-state index < -0.39 is 5.24 Å². The molecule has 0 saturated carbocycles. The molecule has 2 aromatic rings. The highest BCUT2D eigenvalue weighted by atomic mass is 35.5. The van der Waals surface area contributed by atoms with Crippen molar-refractivity contribution in [2.75, 3.05) is 0 Å². The van der Waals surface area contributed by atoms with E-state index in [1.165, 1.54) is 10.7 Å². The van der Waals surface area contributed by atoms with Crippen molar-refractivity contribution in [3.8, 4) is 0 Å². The fraction of sp³-hybridized carbons (Fsp3) is 0. The van der Waals surface area contributed by atoms with Crippen LogP contribution in [0.5, 0.6) is 0 Å². The summed E-state index contributed by atoms with van der Waals surface area (Å²) in [6.07, 6.45) is 2.97. The number of carbonyl (C=O) groups is 1. The third-order valence-corrected chi connectivity index (χ3v) is 1.67. The molecule has 0 aliphatic carbocycles. The van der Waals surface area contributed by atoms with Crippen LogP contribution in [-0.2, 0) is 0 Å². The number of halogens is 1. The lowest BCUT2D eigenvalue weighted by Crippen LogP contribution is -1.98. The van der Waals surface area contributed by atoms with Gasteiger partial charge in [-0.2, -0.15) is 5.10 Å². The summed E-state index contributed by atoms with van der Waals surface area (Å²) in [6, 6.07) is 3.49. The van der Waals surface area contributed by atoms with Gasteiger partial charge in [0.05, 0.1) is 6.20 Å². The topological polar surface area (TPSA) is 47.3 Å². The van der Waals surface area contributed by atoms with Crippen molar-refractivity contribution in [3.05, 3.63) is 30.2 Å². The van der Waals surface area contributed by atoms with Crippen LogP contribution in [0.25, 0.3) is 5.65 Å². The minimum absolute atomic E-state index is 0.285. The molecule has 0 atom stereocenters. The summed E-state index contributed by atoms with van der Waals surface area (Å²) in [7, 11) is 0. The van der Waals surface area contributed by atoms with Crippen molar-refractivity contribution in [1.82, 2.24) is 14.6 Å². The first kappa shape index (κ1) is 7.24. The van der Waals surface area contributed by atoms with Crippen LogP contribution in [0.15, 0.2) is 24.5 Å². The molecule has 5 heteroatoms. The number of nitrogens with zero attached hydrogens (tertiary/aromatic N) is 3. The van der Waals surface area contributed by atoms with Gasteiger partial charge in [0.25, 0.3) is 5.24 Å². The maximum Gasteiger partial charge on any atom is 0.272 e. The number of fused-ring (bicyclic) bond motifs is 1. The molecule has 0 unspecified atom stereocenters. The van der Waals surface area contributed by atoms with E-state index >= 15 is 0 Å². The molecule has 0 fully saturated rings. The average molecular weight is 182 g/mol. The van der Waals surface area contributed by atoms with Crippen molar-refractivity contribution < 1.29 is 4.79 Å². The van der Waals surface area contributed by atoms with Crippen molar-refractivity contribution in [2.45, 2.75) is 0 Å². The van der Waals surface area contributed by atoms with Crippen molar-refractivity contribution in [3.63, 3.8) is 0 Å². The van der Waals surface area contributed by atoms with Crippen molar-refractivity contribution >= 4 is 22.5 Å². The SMILES string of the molecule is O=C(Cl)c1cnc2cccnn12. The summed E-state index contributed by atoms with van der Waals surface area (Å²) >= 11 is 5.28. The molecule has 2 rings (SSSR count). The summed E-state index contributed by atoms with van der Waals surface area (Å²) in [6.45, 7) is 0. The second-order valence-electron chi connectivity index (χ2n) is 2.21. The first-order chi connectivity index (χ1) is 5.79. The molecule has 0 aromatic carbocycles. The van der Waals surface area contributed by atoms with E-state index in [4.69, 9.17) is 11.6 Å². The smallest absolute Gasteiger partial charge is 0.272 e. The van der Waals surface area contributed by atoms with Crippen LogP contribution in [-0.4, -0.2) is 19.8 Å². The van der Waals surface area contributed by atoms with Gasteiger partial charge in [0.2, 0.25) is 0 Å². The maximum absolute atomic E-state index is 10.8. The maximum atomic E-state index is 10.8. The van der Waals surface area contributed by atoms with E-state index in [-0.39, 0.29) is 5.69 Å². The van der Waals surface area contributed by atoms with Crippen LogP contribution in [0.4, 0.5) is 0 Å². The molecule has 2 heterocycles. The molecule has 0 amide bonds. The molecule has 0 N–H and O–H groups in total. The van der Waals surface area contributed by atoms with Gasteiger partial charge in [-0.15, -0.1) is 0 Å². The number of hydrogen-bond acceptors (Lipinski definition) is 3. The van der Waals surface area contributed by atoms with Crippen LogP contribution in [0.1, 0.15) is 10.5 Å². The van der Waals surface area contributed by atoms with E-state index in [0.29, 0.717) is 5.65 Å².